The number of hydrogen-bond acceptors (Lipinski definition) is 4. The third-order valence-corrected chi connectivity index (χ3v) is 4.96. The zero-order valence-electron chi connectivity index (χ0n) is 11.0. The standard InChI is InChI=1S/C15H16N2S2/c1-10(9-12-8-7-11(2)18-12)16-15-17-13-5-3-4-6-14(13)19-15/h3-8,10H,9H2,1-2H3,(H,16,17). The quantitative estimate of drug-likeness (QED) is 0.752. The summed E-state index contributed by atoms with van der Waals surface area (Å²) >= 11 is 3.60. The molecule has 1 unspecified atom stereocenters. The first-order valence-electron chi connectivity index (χ1n) is 6.38. The first-order chi connectivity index (χ1) is 9.20. The maximum atomic E-state index is 4.61. The van der Waals surface area contributed by atoms with E-state index in [9.17, 15) is 0 Å². The number of thiophene rings is 1. The minimum Gasteiger partial charge on any atom is -0.359 e. The highest BCUT2D eigenvalue weighted by Crippen LogP contribution is 2.26. The van der Waals surface area contributed by atoms with Crippen molar-refractivity contribution in [3.8, 4) is 0 Å². The van der Waals surface area contributed by atoms with E-state index in [0.717, 1.165) is 17.1 Å². The van der Waals surface area contributed by atoms with Gasteiger partial charge in [-0.1, -0.05) is 23.5 Å². The molecule has 0 aliphatic carbocycles. The van der Waals surface area contributed by atoms with E-state index in [0.29, 0.717) is 6.04 Å². The molecule has 98 valence electrons. The van der Waals surface area contributed by atoms with Crippen LogP contribution in [-0.2, 0) is 6.42 Å². The summed E-state index contributed by atoms with van der Waals surface area (Å²) in [7, 11) is 0. The number of rotatable bonds is 4. The molecule has 2 aromatic heterocycles. The van der Waals surface area contributed by atoms with Crippen molar-refractivity contribution < 1.29 is 0 Å². The summed E-state index contributed by atoms with van der Waals surface area (Å²) in [5.74, 6) is 0. The molecule has 2 nitrogen and oxygen atoms in total. The average molecular weight is 288 g/mol. The Balaban J connectivity index is 1.70. The zero-order valence-corrected chi connectivity index (χ0v) is 12.6. The molecule has 1 atom stereocenters. The van der Waals surface area contributed by atoms with Gasteiger partial charge in [0.2, 0.25) is 0 Å². The van der Waals surface area contributed by atoms with E-state index in [2.05, 4.69) is 54.5 Å². The van der Waals surface area contributed by atoms with E-state index >= 15 is 0 Å². The highest BCUT2D eigenvalue weighted by Gasteiger charge is 2.08. The van der Waals surface area contributed by atoms with E-state index in [-0.39, 0.29) is 0 Å². The fourth-order valence-electron chi connectivity index (χ4n) is 2.09. The van der Waals surface area contributed by atoms with E-state index in [1.54, 1.807) is 11.3 Å². The fraction of sp³-hybridized carbons (Fsp3) is 0.267. The van der Waals surface area contributed by atoms with Crippen molar-refractivity contribution in [3.63, 3.8) is 0 Å². The number of anilines is 1. The van der Waals surface area contributed by atoms with Crippen molar-refractivity contribution in [2.45, 2.75) is 26.3 Å². The van der Waals surface area contributed by atoms with E-state index < -0.39 is 0 Å². The molecule has 3 aromatic rings. The molecule has 0 saturated carbocycles. The molecule has 0 aliphatic heterocycles. The Morgan fingerprint density at radius 3 is 2.74 bits per heavy atom. The first kappa shape index (κ1) is 12.6. The topological polar surface area (TPSA) is 24.9 Å². The zero-order chi connectivity index (χ0) is 13.2. The van der Waals surface area contributed by atoms with Crippen molar-refractivity contribution in [2.24, 2.45) is 0 Å². The molecule has 0 fully saturated rings. The molecule has 1 N–H and O–H groups in total. The fourth-order valence-corrected chi connectivity index (χ4v) is 4.09. The van der Waals surface area contributed by atoms with Gasteiger partial charge >= 0.3 is 0 Å². The van der Waals surface area contributed by atoms with Crippen LogP contribution in [0.25, 0.3) is 10.2 Å². The first-order valence-corrected chi connectivity index (χ1v) is 8.01. The van der Waals surface area contributed by atoms with Gasteiger partial charge in [0.05, 0.1) is 10.2 Å². The van der Waals surface area contributed by atoms with Crippen LogP contribution in [0.15, 0.2) is 36.4 Å². The summed E-state index contributed by atoms with van der Waals surface area (Å²) in [4.78, 5) is 7.42. The molecule has 0 saturated heterocycles. The van der Waals surface area contributed by atoms with Gasteiger partial charge in [0.1, 0.15) is 0 Å². The summed E-state index contributed by atoms with van der Waals surface area (Å²) in [6.45, 7) is 4.36. The normalized spacial score (nSPS) is 12.7. The van der Waals surface area contributed by atoms with Crippen LogP contribution in [0.5, 0.6) is 0 Å². The van der Waals surface area contributed by atoms with Gasteiger partial charge < -0.3 is 5.32 Å². The van der Waals surface area contributed by atoms with Gasteiger partial charge in [-0.3, -0.25) is 0 Å². The lowest BCUT2D eigenvalue weighted by molar-refractivity contribution is 0.799. The molecule has 0 amide bonds. The predicted octanol–water partition coefficient (Wildman–Crippen LogP) is 4.71. The maximum Gasteiger partial charge on any atom is 0.184 e. The summed E-state index contributed by atoms with van der Waals surface area (Å²) in [5.41, 5.74) is 1.08. The molecule has 0 radical (unpaired) electrons. The second-order valence-corrected chi connectivity index (χ2v) is 7.15. The number of nitrogens with one attached hydrogen (secondary N) is 1. The Morgan fingerprint density at radius 2 is 2.00 bits per heavy atom. The number of benzene rings is 1. The van der Waals surface area contributed by atoms with Gasteiger partial charge in [-0.05, 0) is 38.1 Å². The van der Waals surface area contributed by atoms with E-state index in [1.165, 1.54) is 14.5 Å². The Kier molecular flexibility index (Phi) is 3.53. The Hall–Kier alpha value is -1.39. The molecule has 0 spiro atoms. The van der Waals surface area contributed by atoms with Gasteiger partial charge in [0, 0.05) is 22.2 Å². The van der Waals surface area contributed by atoms with Crippen LogP contribution in [0.3, 0.4) is 0 Å². The van der Waals surface area contributed by atoms with Crippen molar-refractivity contribution in [1.82, 2.24) is 4.98 Å². The number of nitrogens with zero attached hydrogens (tertiary/aromatic N) is 1. The third-order valence-electron chi connectivity index (χ3n) is 2.97. The smallest absolute Gasteiger partial charge is 0.184 e. The van der Waals surface area contributed by atoms with Gasteiger partial charge in [-0.25, -0.2) is 4.98 Å². The summed E-state index contributed by atoms with van der Waals surface area (Å²) in [6, 6.07) is 13.1. The highest BCUT2D eigenvalue weighted by atomic mass is 32.1. The second kappa shape index (κ2) is 5.31. The molecule has 0 aliphatic rings. The number of fused-ring (bicyclic) bond motifs is 1. The molecular weight excluding hydrogens is 272 g/mol. The Labute approximate surface area is 121 Å². The summed E-state index contributed by atoms with van der Waals surface area (Å²) in [6.07, 6.45) is 1.05. The van der Waals surface area contributed by atoms with Crippen LogP contribution in [0.4, 0.5) is 5.13 Å². The van der Waals surface area contributed by atoms with Crippen LogP contribution in [0.2, 0.25) is 0 Å². The van der Waals surface area contributed by atoms with Gasteiger partial charge in [0.15, 0.2) is 5.13 Å². The van der Waals surface area contributed by atoms with Crippen LogP contribution >= 0.6 is 22.7 Å². The highest BCUT2D eigenvalue weighted by molar-refractivity contribution is 7.22. The molecule has 3 rings (SSSR count). The van der Waals surface area contributed by atoms with Crippen LogP contribution in [0, 0.1) is 6.92 Å². The average Bonchev–Trinajstić information content (AvgIpc) is 2.94. The van der Waals surface area contributed by atoms with E-state index in [1.807, 2.05) is 17.4 Å². The van der Waals surface area contributed by atoms with Crippen LogP contribution in [-0.4, -0.2) is 11.0 Å². The number of hydrogen-bond donors (Lipinski definition) is 1. The van der Waals surface area contributed by atoms with E-state index in [4.69, 9.17) is 0 Å². The largest absolute Gasteiger partial charge is 0.359 e. The molecular formula is C15H16N2S2. The van der Waals surface area contributed by atoms with Gasteiger partial charge in [0.25, 0.3) is 0 Å². The molecule has 1 aromatic carbocycles. The lowest BCUT2D eigenvalue weighted by Crippen LogP contribution is -2.17. The number of aromatic nitrogens is 1. The van der Waals surface area contributed by atoms with Crippen molar-refractivity contribution in [3.05, 3.63) is 46.2 Å². The predicted molar refractivity (Wildman–Crippen MR) is 85.5 cm³/mol. The number of para-hydroxylation sites is 1. The van der Waals surface area contributed by atoms with Crippen molar-refractivity contribution in [1.29, 1.82) is 0 Å². The molecule has 2 heterocycles. The Morgan fingerprint density at radius 1 is 1.16 bits per heavy atom. The monoisotopic (exact) mass is 288 g/mol. The number of aryl methyl sites for hydroxylation is 1. The van der Waals surface area contributed by atoms with Crippen LogP contribution in [0.1, 0.15) is 16.7 Å². The minimum absolute atomic E-state index is 0.401. The van der Waals surface area contributed by atoms with Crippen LogP contribution < -0.4 is 5.32 Å². The second-order valence-electron chi connectivity index (χ2n) is 4.75. The van der Waals surface area contributed by atoms with Gasteiger partial charge in [-0.15, -0.1) is 11.3 Å². The molecule has 4 heteroatoms. The molecule has 0 bridgehead atoms. The third kappa shape index (κ3) is 2.96. The SMILES string of the molecule is Cc1ccc(CC(C)Nc2nc3ccccc3s2)s1. The number of thiazole rings is 1. The lowest BCUT2D eigenvalue weighted by Gasteiger charge is -2.11. The lowest BCUT2D eigenvalue weighted by atomic mass is 10.2. The summed E-state index contributed by atoms with van der Waals surface area (Å²) < 4.78 is 1.24. The summed E-state index contributed by atoms with van der Waals surface area (Å²) in [5, 5.41) is 4.52. The molecule has 19 heavy (non-hydrogen) atoms. The van der Waals surface area contributed by atoms with Gasteiger partial charge in [-0.2, -0.15) is 0 Å². The maximum absolute atomic E-state index is 4.61. The van der Waals surface area contributed by atoms with Crippen molar-refractivity contribution in [2.75, 3.05) is 5.32 Å². The van der Waals surface area contributed by atoms with Crippen molar-refractivity contribution >= 4 is 38.0 Å². The minimum atomic E-state index is 0.401. The Bertz CT molecular complexity index is 651.